The summed E-state index contributed by atoms with van der Waals surface area (Å²) in [5, 5.41) is 6.68. The molecule has 0 radical (unpaired) electrons. The lowest BCUT2D eigenvalue weighted by Crippen LogP contribution is -2.47. The minimum Gasteiger partial charge on any atom is -0.363 e. The minimum absolute atomic E-state index is 0.108. The molecule has 1 atom stereocenters. The van der Waals surface area contributed by atoms with E-state index >= 15 is 0 Å². The Labute approximate surface area is 154 Å². The largest absolute Gasteiger partial charge is 0.363 e. The number of aromatic nitrogens is 4. The summed E-state index contributed by atoms with van der Waals surface area (Å²) in [7, 11) is 0. The lowest BCUT2D eigenvalue weighted by molar-refractivity contribution is -0.137. The van der Waals surface area contributed by atoms with Crippen molar-refractivity contribution in [1.29, 1.82) is 0 Å². The zero-order valence-corrected chi connectivity index (χ0v) is 14.1. The molecule has 0 spiro atoms. The number of nitrogens with zero attached hydrogens (tertiary/aromatic N) is 4. The number of carbonyl (C=O) groups is 3. The normalized spacial score (nSPS) is 11.6. The van der Waals surface area contributed by atoms with Crippen LogP contribution in [0.2, 0.25) is 0 Å². The van der Waals surface area contributed by atoms with Crippen LogP contribution in [-0.2, 0) is 16.0 Å². The Hall–Kier alpha value is -3.88. The molecule has 3 aromatic heterocycles. The zero-order valence-electron chi connectivity index (χ0n) is 14.1. The van der Waals surface area contributed by atoms with E-state index in [4.69, 9.17) is 5.73 Å². The molecule has 3 rings (SSSR count). The fourth-order valence-corrected chi connectivity index (χ4v) is 2.53. The maximum Gasteiger partial charge on any atom is 0.287 e. The van der Waals surface area contributed by atoms with Gasteiger partial charge in [-0.2, -0.15) is 5.10 Å². The third-order valence-electron chi connectivity index (χ3n) is 3.82. The van der Waals surface area contributed by atoms with Crippen LogP contribution < -0.4 is 11.1 Å². The van der Waals surface area contributed by atoms with Crippen LogP contribution in [-0.4, -0.2) is 43.4 Å². The molecule has 0 bridgehead atoms. The second-order valence-electron chi connectivity index (χ2n) is 5.65. The van der Waals surface area contributed by atoms with Gasteiger partial charge in [0.2, 0.25) is 5.78 Å². The molecule has 0 fully saturated rings. The van der Waals surface area contributed by atoms with Gasteiger partial charge in [-0.1, -0.05) is 0 Å². The summed E-state index contributed by atoms with van der Waals surface area (Å²) in [6.45, 7) is 0. The number of hydrogen-bond donors (Lipinski definition) is 2. The van der Waals surface area contributed by atoms with Crippen LogP contribution in [0.5, 0.6) is 0 Å². The first kappa shape index (κ1) is 17.9. The van der Waals surface area contributed by atoms with Crippen LogP contribution in [0, 0.1) is 0 Å². The van der Waals surface area contributed by atoms with E-state index in [1.54, 1.807) is 49.1 Å². The highest BCUT2D eigenvalue weighted by atomic mass is 16.2. The number of amides is 2. The number of primary amides is 1. The van der Waals surface area contributed by atoms with Crippen molar-refractivity contribution >= 4 is 17.6 Å². The summed E-state index contributed by atoms with van der Waals surface area (Å²) in [5.41, 5.74) is 6.63. The van der Waals surface area contributed by atoms with E-state index in [9.17, 15) is 14.4 Å². The molecule has 3 N–H and O–H groups in total. The standard InChI is InChI=1S/C18H16N6O3/c19-17(26)16(25)14(10-12-3-7-20-8-4-12)23-18(27)15-5-9-22-24(15)13-2-1-6-21-11-13/h1-9,11,14H,10H2,(H2,19,26)(H,23,27). The van der Waals surface area contributed by atoms with E-state index in [0.717, 1.165) is 5.56 Å². The molecule has 3 aromatic rings. The molecule has 0 saturated carbocycles. The van der Waals surface area contributed by atoms with Gasteiger partial charge in [0.25, 0.3) is 11.8 Å². The molecule has 0 aliphatic heterocycles. The SMILES string of the molecule is NC(=O)C(=O)C(Cc1ccncc1)NC(=O)c1ccnn1-c1cccnc1. The van der Waals surface area contributed by atoms with E-state index < -0.39 is 23.6 Å². The van der Waals surface area contributed by atoms with E-state index in [1.165, 1.54) is 16.9 Å². The highest BCUT2D eigenvalue weighted by molar-refractivity contribution is 6.38. The highest BCUT2D eigenvalue weighted by Crippen LogP contribution is 2.10. The van der Waals surface area contributed by atoms with Crippen LogP contribution in [0.25, 0.3) is 5.69 Å². The zero-order chi connectivity index (χ0) is 19.2. The van der Waals surface area contributed by atoms with Crippen LogP contribution in [0.4, 0.5) is 0 Å². The molecule has 0 saturated heterocycles. The Morgan fingerprint density at radius 3 is 2.48 bits per heavy atom. The number of nitrogens with two attached hydrogens (primary N) is 1. The van der Waals surface area contributed by atoms with Crippen molar-refractivity contribution in [2.24, 2.45) is 5.73 Å². The third-order valence-corrected chi connectivity index (χ3v) is 3.82. The fourth-order valence-electron chi connectivity index (χ4n) is 2.53. The average molecular weight is 364 g/mol. The van der Waals surface area contributed by atoms with Gasteiger partial charge in [0.1, 0.15) is 11.7 Å². The molecule has 136 valence electrons. The highest BCUT2D eigenvalue weighted by Gasteiger charge is 2.27. The monoisotopic (exact) mass is 364 g/mol. The lowest BCUT2D eigenvalue weighted by atomic mass is 10.0. The van der Waals surface area contributed by atoms with Crippen molar-refractivity contribution in [3.05, 3.63) is 72.6 Å². The summed E-state index contributed by atoms with van der Waals surface area (Å²) in [6.07, 6.45) is 7.82. The Kier molecular flexibility index (Phi) is 5.31. The van der Waals surface area contributed by atoms with E-state index in [-0.39, 0.29) is 12.1 Å². The van der Waals surface area contributed by atoms with Gasteiger partial charge in [-0.15, -0.1) is 0 Å². The fraction of sp³-hybridized carbons (Fsp3) is 0.111. The molecule has 9 nitrogen and oxygen atoms in total. The molecular formula is C18H16N6O3. The maximum atomic E-state index is 12.7. The predicted molar refractivity (Wildman–Crippen MR) is 94.8 cm³/mol. The van der Waals surface area contributed by atoms with Crippen LogP contribution in [0.3, 0.4) is 0 Å². The Morgan fingerprint density at radius 1 is 1.04 bits per heavy atom. The number of rotatable bonds is 7. The molecule has 0 aliphatic rings. The first-order valence-corrected chi connectivity index (χ1v) is 8.04. The summed E-state index contributed by atoms with van der Waals surface area (Å²) >= 11 is 0. The van der Waals surface area contributed by atoms with Gasteiger partial charge in [0.05, 0.1) is 18.1 Å². The number of hydrogen-bond acceptors (Lipinski definition) is 6. The Balaban J connectivity index is 1.84. The summed E-state index contributed by atoms with van der Waals surface area (Å²) < 4.78 is 1.39. The molecule has 1 unspecified atom stereocenters. The first-order valence-electron chi connectivity index (χ1n) is 8.04. The van der Waals surface area contributed by atoms with Gasteiger partial charge >= 0.3 is 0 Å². The van der Waals surface area contributed by atoms with Gasteiger partial charge < -0.3 is 11.1 Å². The second-order valence-corrected chi connectivity index (χ2v) is 5.65. The molecule has 2 amide bonds. The van der Waals surface area contributed by atoms with E-state index in [0.29, 0.717) is 5.69 Å². The molecular weight excluding hydrogens is 348 g/mol. The molecule has 9 heteroatoms. The van der Waals surface area contributed by atoms with Crippen LogP contribution in [0.1, 0.15) is 16.1 Å². The predicted octanol–water partition coefficient (Wildman–Crippen LogP) is 0.0578. The molecule has 0 aliphatic carbocycles. The molecule has 27 heavy (non-hydrogen) atoms. The molecule has 0 aromatic carbocycles. The van der Waals surface area contributed by atoms with Gasteiger partial charge in [-0.05, 0) is 35.9 Å². The van der Waals surface area contributed by atoms with Gasteiger partial charge in [0, 0.05) is 25.0 Å². The van der Waals surface area contributed by atoms with Crippen molar-refractivity contribution < 1.29 is 14.4 Å². The average Bonchev–Trinajstić information content (AvgIpc) is 3.18. The molecule has 3 heterocycles. The van der Waals surface area contributed by atoms with Crippen LogP contribution in [0.15, 0.2) is 61.3 Å². The number of Topliss-reactive ketones (excluding diaryl/α,β-unsaturated/α-hetero) is 1. The lowest BCUT2D eigenvalue weighted by Gasteiger charge is -2.16. The van der Waals surface area contributed by atoms with Crippen molar-refractivity contribution in [2.45, 2.75) is 12.5 Å². The number of carbonyl (C=O) groups excluding carboxylic acids is 3. The van der Waals surface area contributed by atoms with Crippen molar-refractivity contribution in [2.75, 3.05) is 0 Å². The Morgan fingerprint density at radius 2 is 1.81 bits per heavy atom. The Bertz CT molecular complexity index is 955. The van der Waals surface area contributed by atoms with Crippen molar-refractivity contribution in [1.82, 2.24) is 25.1 Å². The third kappa shape index (κ3) is 4.21. The van der Waals surface area contributed by atoms with Crippen molar-refractivity contribution in [3.63, 3.8) is 0 Å². The summed E-state index contributed by atoms with van der Waals surface area (Å²) in [6, 6.07) is 7.22. The number of nitrogens with one attached hydrogen (secondary N) is 1. The first-order chi connectivity index (χ1) is 13.1. The quantitative estimate of drug-likeness (QED) is 0.570. The van der Waals surface area contributed by atoms with Crippen molar-refractivity contribution in [3.8, 4) is 5.69 Å². The van der Waals surface area contributed by atoms with Gasteiger partial charge in [-0.3, -0.25) is 24.4 Å². The second kappa shape index (κ2) is 8.00. The summed E-state index contributed by atoms with van der Waals surface area (Å²) in [4.78, 5) is 44.2. The van der Waals surface area contributed by atoms with E-state index in [1.807, 2.05) is 0 Å². The van der Waals surface area contributed by atoms with Gasteiger partial charge in [0.15, 0.2) is 0 Å². The smallest absolute Gasteiger partial charge is 0.287 e. The maximum absolute atomic E-state index is 12.7. The number of ketones is 1. The number of pyridine rings is 2. The minimum atomic E-state index is -1.12. The summed E-state index contributed by atoms with van der Waals surface area (Å²) in [5.74, 6) is -2.56. The van der Waals surface area contributed by atoms with Gasteiger partial charge in [-0.25, -0.2) is 4.68 Å². The topological polar surface area (TPSA) is 133 Å². The van der Waals surface area contributed by atoms with E-state index in [2.05, 4.69) is 20.4 Å². The van der Waals surface area contributed by atoms with Crippen LogP contribution >= 0.6 is 0 Å².